The minimum atomic E-state index is -6.34. The van der Waals surface area contributed by atoms with Crippen molar-refractivity contribution in [3.63, 3.8) is 0 Å². The second-order valence-corrected chi connectivity index (χ2v) is 30.2. The third-order valence-electron chi connectivity index (χ3n) is 16.7. The van der Waals surface area contributed by atoms with Crippen molar-refractivity contribution in [2.24, 2.45) is 0 Å². The summed E-state index contributed by atoms with van der Waals surface area (Å²) in [4.78, 5) is 4.69. The third-order valence-corrected chi connectivity index (χ3v) is 25.1. The van der Waals surface area contributed by atoms with Crippen molar-refractivity contribution in [3.8, 4) is 50.9 Å². The largest absolute Gasteiger partial charge is 0.510 e. The number of benzene rings is 13. The molecule has 0 spiro atoms. The normalized spacial score (nSPS) is 17.5. The summed E-state index contributed by atoms with van der Waals surface area (Å²) < 4.78 is 370. The molecule has 0 amide bonds. The first-order chi connectivity index (χ1) is 62.9. The van der Waals surface area contributed by atoms with Crippen molar-refractivity contribution in [3.05, 3.63) is 369 Å². The summed E-state index contributed by atoms with van der Waals surface area (Å²) in [5.74, 6) is -0.362. The zero-order valence-electron chi connectivity index (χ0n) is 89.1. The molecule has 0 saturated carbocycles. The van der Waals surface area contributed by atoms with E-state index in [0.29, 0.717) is 21.9 Å². The number of rotatable bonds is 15. The molecule has 13 aromatic carbocycles. The van der Waals surface area contributed by atoms with Crippen LogP contribution >= 0.6 is 0 Å². The summed E-state index contributed by atoms with van der Waals surface area (Å²) in [6, 6.07) is -0.0829. The van der Waals surface area contributed by atoms with Gasteiger partial charge >= 0.3 is 0 Å². The Bertz CT molecular complexity index is 7330. The van der Waals surface area contributed by atoms with Crippen LogP contribution in [0.5, 0.6) is 11.5 Å². The predicted octanol–water partition coefficient (Wildman–Crippen LogP) is 15.3. The number of imidazole rings is 1. The van der Waals surface area contributed by atoms with Gasteiger partial charge in [0, 0.05) is 54.0 Å². The zero-order valence-corrected chi connectivity index (χ0v) is 55.4. The summed E-state index contributed by atoms with van der Waals surface area (Å²) in [5, 5.41) is -5.40. The van der Waals surface area contributed by atoms with E-state index in [4.69, 9.17) is 28.9 Å². The molecule has 8 heteroatoms. The Hall–Kier alpha value is -10.8. The Kier molecular flexibility index (Phi) is 8.81. The number of aryl methyl sites for hydroxylation is 1. The van der Waals surface area contributed by atoms with Gasteiger partial charge < -0.3 is 13.9 Å². The summed E-state index contributed by atoms with van der Waals surface area (Å²) in [7, 11) is -12.5. The van der Waals surface area contributed by atoms with Gasteiger partial charge in [-0.1, -0.05) is 317 Å². The minimum Gasteiger partial charge on any atom is -0.510 e. The quantitative estimate of drug-likeness (QED) is 0.0444. The molecule has 3 aromatic heterocycles. The topological polar surface area (TPSA) is 35.9 Å². The summed E-state index contributed by atoms with van der Waals surface area (Å²) >= 11 is 0. The van der Waals surface area contributed by atoms with Gasteiger partial charge in [-0.15, -0.1) is 29.7 Å². The van der Waals surface area contributed by atoms with Crippen molar-refractivity contribution in [2.45, 2.75) is 33.0 Å². The minimum absolute atomic E-state index is 0. The average molecular weight is 1500 g/mol. The molecule has 16 aromatic rings. The molecule has 0 radical (unpaired) electrons. The first-order valence-electron chi connectivity index (χ1n) is 48.8. The molecule has 0 aliphatic rings. The van der Waals surface area contributed by atoms with Gasteiger partial charge in [-0.2, -0.15) is 18.2 Å². The van der Waals surface area contributed by atoms with E-state index in [0.717, 1.165) is 6.20 Å². The molecule has 0 N–H and O–H groups in total. The van der Waals surface area contributed by atoms with Crippen LogP contribution in [0, 0.1) is 25.3 Å². The zero-order chi connectivity index (χ0) is 97.8. The van der Waals surface area contributed by atoms with Crippen LogP contribution in [0.2, 0.25) is 0 Å². The Morgan fingerprint density at radius 2 is 1.01 bits per heavy atom. The van der Waals surface area contributed by atoms with E-state index in [-0.39, 0.29) is 83.0 Å². The van der Waals surface area contributed by atoms with Crippen LogP contribution in [0.15, 0.2) is 339 Å². The number of fused-ring (bicyclic) bond motifs is 4. The molecular formula is C89H68N4OPtSi2-2. The monoisotopic (exact) mass is 1500 g/mol. The number of ether oxygens (including phenoxy) is 1. The van der Waals surface area contributed by atoms with E-state index in [2.05, 4.69) is 18.5 Å². The maximum Gasteiger partial charge on any atom is 0.268 e. The predicted molar refractivity (Wildman–Crippen MR) is 402 cm³/mol. The summed E-state index contributed by atoms with van der Waals surface area (Å²) in [5.41, 5.74) is -1.54. The fourth-order valence-electron chi connectivity index (χ4n) is 12.4. The maximum absolute atomic E-state index is 10.3. The van der Waals surface area contributed by atoms with Crippen molar-refractivity contribution in [2.75, 3.05) is 0 Å². The summed E-state index contributed by atoms with van der Waals surface area (Å²) in [6.45, 7) is 2.63. The molecule has 0 aliphatic carbocycles. The molecule has 0 bridgehead atoms. The van der Waals surface area contributed by atoms with Crippen molar-refractivity contribution >= 4 is 90.5 Å². The number of hydrogen-bond acceptors (Lipinski definition) is 2. The van der Waals surface area contributed by atoms with Gasteiger partial charge in [-0.05, 0) is 105 Å². The van der Waals surface area contributed by atoms with Gasteiger partial charge in [0.15, 0.2) is 16.1 Å². The van der Waals surface area contributed by atoms with Gasteiger partial charge in [-0.25, -0.2) is 4.98 Å². The van der Waals surface area contributed by atoms with Gasteiger partial charge in [-0.3, -0.25) is 4.57 Å². The van der Waals surface area contributed by atoms with E-state index < -0.39 is 293 Å². The Morgan fingerprint density at radius 3 is 1.60 bits per heavy atom. The number of aromatic nitrogens is 4. The van der Waals surface area contributed by atoms with E-state index in [1.165, 1.54) is 75.9 Å². The van der Waals surface area contributed by atoms with Gasteiger partial charge in [0.1, 0.15) is 5.82 Å². The second kappa shape index (κ2) is 26.1. The Labute approximate surface area is 637 Å². The van der Waals surface area contributed by atoms with Crippen LogP contribution in [0.1, 0.15) is 84.0 Å². The molecule has 97 heavy (non-hydrogen) atoms. The maximum atomic E-state index is 10.3. The molecule has 470 valence electrons. The first kappa shape index (κ1) is 32.8. The van der Waals surface area contributed by atoms with E-state index in [9.17, 15) is 32.9 Å². The molecule has 3 heterocycles. The van der Waals surface area contributed by atoms with Crippen LogP contribution in [0.3, 0.4) is 0 Å². The van der Waals surface area contributed by atoms with Crippen LogP contribution in [-0.2, 0) is 26.5 Å². The molecular weight excluding hydrogens is 1390 g/mol. The Morgan fingerprint density at radius 1 is 0.464 bits per heavy atom. The molecule has 0 unspecified atom stereocenters. The fraction of sp³-hybridized carbons (Fsp3) is 0.0562. The fourth-order valence-corrected chi connectivity index (χ4v) is 20.2. The number of pyridine rings is 1. The smallest absolute Gasteiger partial charge is 0.268 e. The van der Waals surface area contributed by atoms with Crippen LogP contribution in [0.4, 0.5) is 0 Å². The molecule has 16 rings (SSSR count). The number of nitrogens with zero attached hydrogens (tertiary/aromatic N) is 4. The summed E-state index contributed by atoms with van der Waals surface area (Å²) in [6.07, 6.45) is 4.47. The average Bonchev–Trinajstić information content (AvgIpc) is 0.719. The van der Waals surface area contributed by atoms with Crippen LogP contribution < -0.4 is 50.8 Å². The van der Waals surface area contributed by atoms with Gasteiger partial charge in [0.25, 0.3) is 6.33 Å². The molecule has 0 saturated heterocycles. The molecule has 0 fully saturated rings. The molecule has 0 aliphatic heterocycles. The third kappa shape index (κ3) is 11.0. The SMILES string of the molecule is [2H]c1c([2H])c([2H])c(-c2cnc(-n3c4[c-]c(Oc5[c-]c(-n6[c-][n+](-c7c(-c8cccc(C(C)(C)C)c8)cccc7[Si](c7c([2H])c([2H])c([2H])c([2H])c7[2H])(c7c([2H])c([2H])c([2H])c([2H])c7[2H])c7c([2H])c([2H])c([2H])c([2H])c7[2H])c7ccc([Si](c8c([2H])c([2H])c([2H])c([2H])c8[2H])(c8c([2H])c([2H])c([2H])c([2H])c8[2H])c8c([2H])c([2H])c([2H])c([2H])c8[2H])cc76)ccc5)ccc4c4ccccc43)cc2C([2H])([2H])[2H])c([2H])c1[2H].[Pt]. The van der Waals surface area contributed by atoms with Crippen molar-refractivity contribution < 1.29 is 82.5 Å². The second-order valence-electron chi connectivity index (χ2n) is 23.0. The van der Waals surface area contributed by atoms with Gasteiger partial charge in [0.2, 0.25) is 0 Å². The van der Waals surface area contributed by atoms with Crippen LogP contribution in [-0.4, -0.2) is 30.3 Å². The Balaban J connectivity index is 0.0000139. The first-order valence-corrected chi connectivity index (χ1v) is 33.8. The van der Waals surface area contributed by atoms with Crippen molar-refractivity contribution in [1.29, 1.82) is 0 Å². The van der Waals surface area contributed by atoms with Crippen molar-refractivity contribution in [1.82, 2.24) is 14.1 Å². The standard InChI is InChI=1S/C89H68N4OSi2.Pt/c1-64-57-87(90-62-81(64)65-31-12-5-13-32-65)93-82-51-27-26-49-79(82)80-55-53-70(60-84(80)93)94-69-36-29-35-68(59-69)91-63-92(83-56-54-77(61-85(83)91)95(71-37-14-6-15-38-71,72-39-16-7-17-40-72)73-41-18-8-19-42-73)88-78(66-33-28-34-67(58-66)89(2,3)4)50-30-52-86(88)96(74-43-20-9-21-44-74,75-45-22-10-23-46-75)76-47-24-11-25-48-76;/h5-58,61-62H,1-4H3;/q-2;/i1D3,5D,6D,7D,8D,9D,10D,11D,12D,13D,14D,15D,16D,17D,18D,19D,20D,21D,22D,23D,24D,25D,31D,32D,37D,38D,39D,40D,41D,42D,43D,44D,45D,46D,47D,48D;. The number of para-hydroxylation sites is 2. The molecule has 5 nitrogen and oxygen atoms in total. The van der Waals surface area contributed by atoms with E-state index >= 15 is 0 Å². The number of hydrogen-bond donors (Lipinski definition) is 0. The van der Waals surface area contributed by atoms with E-state index in [1.807, 2.05) is 20.8 Å². The van der Waals surface area contributed by atoms with Crippen LogP contribution in [0.25, 0.3) is 72.3 Å². The van der Waals surface area contributed by atoms with E-state index in [1.54, 1.807) is 59.2 Å². The molecule has 0 atom stereocenters. The van der Waals surface area contributed by atoms with Gasteiger partial charge in [0.05, 0.1) is 64.7 Å².